The van der Waals surface area contributed by atoms with E-state index < -0.39 is 0 Å². The Hall–Kier alpha value is -0.180. The molecule has 1 aromatic carbocycles. The number of hydrogen-bond donors (Lipinski definition) is 0. The molecule has 0 N–H and O–H groups in total. The summed E-state index contributed by atoms with van der Waals surface area (Å²) in [6, 6.07) is 3.43. The van der Waals surface area contributed by atoms with Gasteiger partial charge in [0.2, 0.25) is 0 Å². The van der Waals surface area contributed by atoms with Crippen molar-refractivity contribution in [3.05, 3.63) is 27.7 Å². The summed E-state index contributed by atoms with van der Waals surface area (Å²) in [5, 5.41) is 1.15. The summed E-state index contributed by atoms with van der Waals surface area (Å²) in [6.07, 6.45) is 1.46. The molecule has 1 aliphatic heterocycles. The number of thioether (sulfide) groups is 1. The Morgan fingerprint density at radius 1 is 1.21 bits per heavy atom. The van der Waals surface area contributed by atoms with Gasteiger partial charge in [0.15, 0.2) is 5.78 Å². The Balaban J connectivity index is 2.62. The van der Waals surface area contributed by atoms with Crippen LogP contribution < -0.4 is 0 Å². The maximum atomic E-state index is 11.7. The molecule has 0 spiro atoms. The zero-order valence-electron chi connectivity index (χ0n) is 7.35. The number of Topliss-reactive ketones (excluding diaryl/α,β-unsaturated/α-hetero) is 1. The maximum Gasteiger partial charge on any atom is 0.165 e. The van der Waals surface area contributed by atoms with Crippen molar-refractivity contribution in [3.63, 3.8) is 0 Å². The Morgan fingerprint density at radius 3 is 2.71 bits per heavy atom. The fraction of sp³-hybridized carbons (Fsp3) is 0.300. The van der Waals surface area contributed by atoms with Crippen molar-refractivity contribution >= 4 is 40.7 Å². The lowest BCUT2D eigenvalue weighted by Crippen LogP contribution is -1.99. The van der Waals surface area contributed by atoms with Crippen LogP contribution in [0.4, 0.5) is 0 Å². The zero-order valence-corrected chi connectivity index (χ0v) is 9.68. The number of hydrogen-bond acceptors (Lipinski definition) is 2. The Labute approximate surface area is 96.8 Å². The summed E-state index contributed by atoms with van der Waals surface area (Å²) in [4.78, 5) is 12.6. The van der Waals surface area contributed by atoms with Gasteiger partial charge in [-0.2, -0.15) is 0 Å². The lowest BCUT2D eigenvalue weighted by molar-refractivity contribution is 0.0980. The maximum absolute atomic E-state index is 11.7. The molecule has 1 aliphatic rings. The average Bonchev–Trinajstić information content (AvgIpc) is 2.35. The number of halogens is 2. The van der Waals surface area contributed by atoms with E-state index in [1.54, 1.807) is 23.9 Å². The topological polar surface area (TPSA) is 17.1 Å². The average molecular weight is 247 g/mol. The fourth-order valence-electron chi connectivity index (χ4n) is 1.47. The highest BCUT2D eigenvalue weighted by Gasteiger charge is 2.21. The van der Waals surface area contributed by atoms with E-state index >= 15 is 0 Å². The van der Waals surface area contributed by atoms with Crippen LogP contribution in [-0.4, -0.2) is 11.5 Å². The summed E-state index contributed by atoms with van der Waals surface area (Å²) in [7, 11) is 0. The molecule has 0 aromatic heterocycles. The standard InChI is InChI=1S/C10H8Cl2OS/c11-6-3-4-7(12)10-9(6)8(13)2-1-5-14-10/h3-4H,1-2,5H2. The molecule has 0 fully saturated rings. The Kier molecular flexibility index (Phi) is 3.05. The van der Waals surface area contributed by atoms with E-state index in [9.17, 15) is 4.79 Å². The van der Waals surface area contributed by atoms with E-state index in [0.29, 0.717) is 22.0 Å². The van der Waals surface area contributed by atoms with Gasteiger partial charge in [-0.25, -0.2) is 0 Å². The molecule has 0 atom stereocenters. The molecule has 74 valence electrons. The molecule has 0 aliphatic carbocycles. The van der Waals surface area contributed by atoms with Crippen LogP contribution in [0, 0.1) is 0 Å². The van der Waals surface area contributed by atoms with Crippen LogP contribution in [0.25, 0.3) is 0 Å². The summed E-state index contributed by atoms with van der Waals surface area (Å²) < 4.78 is 0. The summed E-state index contributed by atoms with van der Waals surface area (Å²) in [5.74, 6) is 1.04. The van der Waals surface area contributed by atoms with Crippen LogP contribution in [0.5, 0.6) is 0 Å². The van der Waals surface area contributed by atoms with Crippen LogP contribution in [0.1, 0.15) is 23.2 Å². The minimum atomic E-state index is 0.109. The number of benzene rings is 1. The number of rotatable bonds is 0. The molecule has 1 nitrogen and oxygen atoms in total. The van der Waals surface area contributed by atoms with E-state index in [-0.39, 0.29) is 5.78 Å². The van der Waals surface area contributed by atoms with Gasteiger partial charge in [-0.15, -0.1) is 11.8 Å². The second-order valence-corrected chi connectivity index (χ2v) is 5.03. The van der Waals surface area contributed by atoms with Gasteiger partial charge in [0, 0.05) is 11.3 Å². The highest BCUT2D eigenvalue weighted by Crippen LogP contribution is 2.38. The van der Waals surface area contributed by atoms with Gasteiger partial charge in [0.25, 0.3) is 0 Å². The summed E-state index contributed by atoms with van der Waals surface area (Å²) >= 11 is 13.6. The molecule has 0 saturated heterocycles. The number of fused-ring (bicyclic) bond motifs is 1. The van der Waals surface area contributed by atoms with Gasteiger partial charge in [-0.3, -0.25) is 4.79 Å². The predicted molar refractivity (Wildman–Crippen MR) is 60.8 cm³/mol. The van der Waals surface area contributed by atoms with Gasteiger partial charge >= 0.3 is 0 Å². The van der Waals surface area contributed by atoms with Crippen molar-refractivity contribution in [1.82, 2.24) is 0 Å². The van der Waals surface area contributed by atoms with Crippen LogP contribution in [0.3, 0.4) is 0 Å². The normalized spacial score (nSPS) is 16.3. The molecular formula is C10H8Cl2OS. The quantitative estimate of drug-likeness (QED) is 0.687. The third kappa shape index (κ3) is 1.79. The minimum absolute atomic E-state index is 0.109. The molecule has 1 heterocycles. The first kappa shape index (κ1) is 10.3. The lowest BCUT2D eigenvalue weighted by atomic mass is 10.1. The molecule has 4 heteroatoms. The molecule has 0 saturated carbocycles. The van der Waals surface area contributed by atoms with Gasteiger partial charge < -0.3 is 0 Å². The van der Waals surface area contributed by atoms with Crippen LogP contribution in [-0.2, 0) is 0 Å². The van der Waals surface area contributed by atoms with Crippen LogP contribution >= 0.6 is 35.0 Å². The number of carbonyl (C=O) groups excluding carboxylic acids is 1. The second-order valence-electron chi connectivity index (χ2n) is 3.11. The Morgan fingerprint density at radius 2 is 1.93 bits per heavy atom. The lowest BCUT2D eigenvalue weighted by Gasteiger charge is -2.07. The van der Waals surface area contributed by atoms with Crippen LogP contribution in [0.15, 0.2) is 17.0 Å². The fourth-order valence-corrected chi connectivity index (χ4v) is 3.17. The predicted octanol–water partition coefficient (Wildman–Crippen LogP) is 4.06. The molecule has 0 bridgehead atoms. The molecule has 0 unspecified atom stereocenters. The van der Waals surface area contributed by atoms with Gasteiger partial charge in [0.1, 0.15) is 0 Å². The summed E-state index contributed by atoms with van der Waals surface area (Å²) in [5.41, 5.74) is 0.613. The molecule has 0 amide bonds. The second kappa shape index (κ2) is 4.13. The van der Waals surface area contributed by atoms with E-state index in [0.717, 1.165) is 17.1 Å². The Bertz CT molecular complexity index is 390. The molecule has 2 rings (SSSR count). The highest BCUT2D eigenvalue weighted by atomic mass is 35.5. The molecule has 1 aromatic rings. The van der Waals surface area contributed by atoms with Gasteiger partial charge in [-0.05, 0) is 24.3 Å². The SMILES string of the molecule is O=C1CCCSc2c(Cl)ccc(Cl)c21. The zero-order chi connectivity index (χ0) is 10.1. The monoisotopic (exact) mass is 246 g/mol. The van der Waals surface area contributed by atoms with E-state index in [2.05, 4.69) is 0 Å². The van der Waals surface area contributed by atoms with E-state index in [1.165, 1.54) is 0 Å². The summed E-state index contributed by atoms with van der Waals surface area (Å²) in [6.45, 7) is 0. The van der Waals surface area contributed by atoms with Crippen LogP contribution in [0.2, 0.25) is 10.0 Å². The van der Waals surface area contributed by atoms with Crippen molar-refractivity contribution in [3.8, 4) is 0 Å². The highest BCUT2D eigenvalue weighted by molar-refractivity contribution is 7.99. The first-order chi connectivity index (χ1) is 6.70. The third-order valence-corrected chi connectivity index (χ3v) is 4.08. The van der Waals surface area contributed by atoms with E-state index in [4.69, 9.17) is 23.2 Å². The third-order valence-electron chi connectivity index (χ3n) is 2.13. The van der Waals surface area contributed by atoms with Crippen molar-refractivity contribution in [2.45, 2.75) is 17.7 Å². The smallest absolute Gasteiger partial charge is 0.165 e. The number of carbonyl (C=O) groups is 1. The molecular weight excluding hydrogens is 239 g/mol. The first-order valence-electron chi connectivity index (χ1n) is 4.34. The van der Waals surface area contributed by atoms with E-state index in [1.807, 2.05) is 0 Å². The largest absolute Gasteiger partial charge is 0.294 e. The molecule has 14 heavy (non-hydrogen) atoms. The van der Waals surface area contributed by atoms with Crippen molar-refractivity contribution < 1.29 is 4.79 Å². The van der Waals surface area contributed by atoms with Crippen molar-refractivity contribution in [2.75, 3.05) is 5.75 Å². The van der Waals surface area contributed by atoms with Gasteiger partial charge in [-0.1, -0.05) is 23.2 Å². The number of ketones is 1. The molecule has 0 radical (unpaired) electrons. The van der Waals surface area contributed by atoms with Crippen molar-refractivity contribution in [1.29, 1.82) is 0 Å². The van der Waals surface area contributed by atoms with Gasteiger partial charge in [0.05, 0.1) is 15.6 Å². The minimum Gasteiger partial charge on any atom is -0.294 e. The van der Waals surface area contributed by atoms with Crippen molar-refractivity contribution in [2.24, 2.45) is 0 Å². The first-order valence-corrected chi connectivity index (χ1v) is 6.08.